The summed E-state index contributed by atoms with van der Waals surface area (Å²) in [6, 6.07) is 48.1. The van der Waals surface area contributed by atoms with Gasteiger partial charge in [-0.15, -0.1) is 0 Å². The van der Waals surface area contributed by atoms with Gasteiger partial charge in [0.25, 0.3) is 0 Å². The van der Waals surface area contributed by atoms with E-state index in [9.17, 15) is 0 Å². The number of methoxy groups -OCH3 is 3. The van der Waals surface area contributed by atoms with Crippen LogP contribution >= 0.6 is 0 Å². The van der Waals surface area contributed by atoms with Gasteiger partial charge in [-0.2, -0.15) is 0 Å². The lowest BCUT2D eigenvalue weighted by Gasteiger charge is -2.11. The molecule has 0 amide bonds. The van der Waals surface area contributed by atoms with Gasteiger partial charge < -0.3 is 19.9 Å². The number of nitrogens with zero attached hydrogens (tertiary/aromatic N) is 1. The van der Waals surface area contributed by atoms with Crippen LogP contribution in [0.4, 0.5) is 5.82 Å². The molecule has 226 valence electrons. The monoisotopic (exact) mass is 602 g/mol. The summed E-state index contributed by atoms with van der Waals surface area (Å²) in [5, 5.41) is 1.09. The molecule has 0 radical (unpaired) electrons. The fraction of sp³-hybridized carbons (Fsp3) is 0.0732. The van der Waals surface area contributed by atoms with Gasteiger partial charge in [0.2, 0.25) is 0 Å². The summed E-state index contributed by atoms with van der Waals surface area (Å²) in [4.78, 5) is 0. The summed E-state index contributed by atoms with van der Waals surface area (Å²) >= 11 is 0. The van der Waals surface area contributed by atoms with E-state index in [4.69, 9.17) is 19.9 Å². The maximum atomic E-state index is 7.09. The number of rotatable bonds is 8. The highest BCUT2D eigenvalue weighted by Crippen LogP contribution is 2.41. The number of fused-ring (bicyclic) bond motifs is 1. The molecule has 1 aromatic heterocycles. The van der Waals surface area contributed by atoms with E-state index in [1.165, 1.54) is 0 Å². The molecule has 0 atom stereocenters. The van der Waals surface area contributed by atoms with Crippen LogP contribution in [-0.4, -0.2) is 25.9 Å². The highest BCUT2D eigenvalue weighted by molar-refractivity contribution is 6.05. The molecule has 0 fully saturated rings. The lowest BCUT2D eigenvalue weighted by atomic mass is 9.97. The van der Waals surface area contributed by atoms with E-state index in [0.29, 0.717) is 5.82 Å². The van der Waals surface area contributed by atoms with Crippen molar-refractivity contribution in [1.29, 1.82) is 0 Å². The summed E-state index contributed by atoms with van der Waals surface area (Å²) in [5.74, 6) is 3.20. The van der Waals surface area contributed by atoms with E-state index in [0.717, 1.165) is 78.3 Å². The number of hydrogen-bond acceptors (Lipinski definition) is 4. The smallest absolute Gasteiger partial charge is 0.118 e. The Balaban J connectivity index is 1.34. The standard InChI is InChI=1S/C41H34N2O3/c1-44-35-19-10-29(11-20-35)27-4-6-32(7-5-27)40-38-26-33(31-14-23-37(46-3)24-15-31)16-25-39(38)43(41(40)42)34-17-8-28(9-18-34)30-12-21-36(45-2)22-13-30/h4-26H,42H2,1-3H3. The van der Waals surface area contributed by atoms with Gasteiger partial charge in [-0.3, -0.25) is 4.57 Å². The molecule has 1 heterocycles. The second kappa shape index (κ2) is 12.2. The molecule has 6 aromatic carbocycles. The molecule has 46 heavy (non-hydrogen) atoms. The molecule has 5 heteroatoms. The third-order valence-corrected chi connectivity index (χ3v) is 8.57. The van der Waals surface area contributed by atoms with Gasteiger partial charge in [0, 0.05) is 16.6 Å². The van der Waals surface area contributed by atoms with Crippen LogP contribution in [0.3, 0.4) is 0 Å². The molecule has 0 aliphatic rings. The van der Waals surface area contributed by atoms with Gasteiger partial charge in [-0.25, -0.2) is 0 Å². The molecular formula is C41H34N2O3. The van der Waals surface area contributed by atoms with Crippen molar-refractivity contribution in [2.24, 2.45) is 0 Å². The summed E-state index contributed by atoms with van der Waals surface area (Å²) in [6.45, 7) is 0. The zero-order valence-electron chi connectivity index (χ0n) is 26.0. The Labute approximate surface area is 269 Å². The van der Waals surface area contributed by atoms with Crippen LogP contribution in [0.1, 0.15) is 0 Å². The largest absolute Gasteiger partial charge is 0.497 e. The van der Waals surface area contributed by atoms with Gasteiger partial charge in [0.05, 0.1) is 26.8 Å². The second-order valence-electron chi connectivity index (χ2n) is 11.1. The quantitative estimate of drug-likeness (QED) is 0.188. The Hall–Kier alpha value is -5.94. The third-order valence-electron chi connectivity index (χ3n) is 8.57. The van der Waals surface area contributed by atoms with Crippen molar-refractivity contribution in [1.82, 2.24) is 4.57 Å². The first-order valence-corrected chi connectivity index (χ1v) is 15.1. The molecule has 2 N–H and O–H groups in total. The first-order valence-electron chi connectivity index (χ1n) is 15.1. The first kappa shape index (κ1) is 28.8. The van der Waals surface area contributed by atoms with Gasteiger partial charge >= 0.3 is 0 Å². The Morgan fingerprint density at radius 3 is 1.20 bits per heavy atom. The molecule has 0 spiro atoms. The van der Waals surface area contributed by atoms with Crippen molar-refractivity contribution in [2.45, 2.75) is 0 Å². The normalized spacial score (nSPS) is 11.0. The van der Waals surface area contributed by atoms with Gasteiger partial charge in [-0.05, 0) is 99.6 Å². The maximum absolute atomic E-state index is 7.09. The third kappa shape index (κ3) is 5.33. The van der Waals surface area contributed by atoms with E-state index in [2.05, 4.69) is 108 Å². The van der Waals surface area contributed by atoms with Crippen LogP contribution in [0.15, 0.2) is 140 Å². The molecular weight excluding hydrogens is 568 g/mol. The van der Waals surface area contributed by atoms with E-state index < -0.39 is 0 Å². The minimum Gasteiger partial charge on any atom is -0.497 e. The molecule has 0 saturated heterocycles. The van der Waals surface area contributed by atoms with Gasteiger partial charge in [0.1, 0.15) is 23.1 Å². The average Bonchev–Trinajstić information content (AvgIpc) is 3.42. The molecule has 7 aromatic rings. The highest BCUT2D eigenvalue weighted by atomic mass is 16.5. The SMILES string of the molecule is COc1ccc(-c2ccc(-c3c(N)n(-c4ccc(-c5ccc(OC)cc5)cc4)c4ccc(-c5ccc(OC)cc5)cc34)cc2)cc1. The molecule has 5 nitrogen and oxygen atoms in total. The number of anilines is 1. The predicted octanol–water partition coefficient (Wildman–Crippen LogP) is 9.91. The fourth-order valence-corrected chi connectivity index (χ4v) is 6.05. The number of benzene rings is 6. The number of nitrogens with two attached hydrogens (primary N) is 1. The van der Waals surface area contributed by atoms with Gasteiger partial charge in [-0.1, -0.05) is 78.9 Å². The van der Waals surface area contributed by atoms with Crippen LogP contribution in [0.2, 0.25) is 0 Å². The topological polar surface area (TPSA) is 58.6 Å². The van der Waals surface area contributed by atoms with Crippen LogP contribution in [0.25, 0.3) is 61.1 Å². The summed E-state index contributed by atoms with van der Waals surface area (Å²) in [6.07, 6.45) is 0. The van der Waals surface area contributed by atoms with E-state index in [-0.39, 0.29) is 0 Å². The van der Waals surface area contributed by atoms with E-state index >= 15 is 0 Å². The Morgan fingerprint density at radius 1 is 0.413 bits per heavy atom. The van der Waals surface area contributed by atoms with Crippen molar-refractivity contribution >= 4 is 16.7 Å². The molecule has 0 unspecified atom stereocenters. The van der Waals surface area contributed by atoms with Crippen molar-refractivity contribution < 1.29 is 14.2 Å². The molecule has 0 aliphatic heterocycles. The fourth-order valence-electron chi connectivity index (χ4n) is 6.05. The molecule has 0 saturated carbocycles. The summed E-state index contributed by atoms with van der Waals surface area (Å²) in [7, 11) is 5.04. The molecule has 0 aliphatic carbocycles. The highest BCUT2D eigenvalue weighted by Gasteiger charge is 2.19. The molecule has 7 rings (SSSR count). The van der Waals surface area contributed by atoms with Crippen LogP contribution in [0, 0.1) is 0 Å². The second-order valence-corrected chi connectivity index (χ2v) is 11.1. The number of ether oxygens (including phenoxy) is 3. The van der Waals surface area contributed by atoms with E-state index in [1.807, 2.05) is 36.4 Å². The summed E-state index contributed by atoms with van der Waals surface area (Å²) < 4.78 is 18.2. The average molecular weight is 603 g/mol. The maximum Gasteiger partial charge on any atom is 0.118 e. The Morgan fingerprint density at radius 2 is 0.761 bits per heavy atom. The Kier molecular flexibility index (Phi) is 7.65. The number of aromatic nitrogens is 1. The summed E-state index contributed by atoms with van der Waals surface area (Å²) in [5.41, 5.74) is 17.9. The minimum atomic E-state index is 0.691. The van der Waals surface area contributed by atoms with Crippen molar-refractivity contribution in [3.8, 4) is 67.4 Å². The van der Waals surface area contributed by atoms with Crippen LogP contribution < -0.4 is 19.9 Å². The van der Waals surface area contributed by atoms with Crippen LogP contribution in [-0.2, 0) is 0 Å². The lowest BCUT2D eigenvalue weighted by Crippen LogP contribution is -2.00. The van der Waals surface area contributed by atoms with Gasteiger partial charge in [0.15, 0.2) is 0 Å². The van der Waals surface area contributed by atoms with Crippen molar-refractivity contribution in [2.75, 3.05) is 27.1 Å². The molecule has 0 bridgehead atoms. The predicted molar refractivity (Wildman–Crippen MR) is 189 cm³/mol. The first-order chi connectivity index (χ1) is 22.6. The van der Waals surface area contributed by atoms with E-state index in [1.54, 1.807) is 21.3 Å². The number of hydrogen-bond donors (Lipinski definition) is 1. The Bertz CT molecular complexity index is 2110. The lowest BCUT2D eigenvalue weighted by molar-refractivity contribution is 0.415. The zero-order chi connectivity index (χ0) is 31.6. The zero-order valence-corrected chi connectivity index (χ0v) is 26.0. The minimum absolute atomic E-state index is 0.691. The van der Waals surface area contributed by atoms with Crippen molar-refractivity contribution in [3.05, 3.63) is 140 Å². The van der Waals surface area contributed by atoms with Crippen molar-refractivity contribution in [3.63, 3.8) is 0 Å². The number of nitrogen functional groups attached to an aromatic ring is 1. The van der Waals surface area contributed by atoms with Crippen LogP contribution in [0.5, 0.6) is 17.2 Å².